The molecule has 1 saturated carbocycles. The second-order valence-electron chi connectivity index (χ2n) is 5.74. The van der Waals surface area contributed by atoms with Crippen molar-refractivity contribution in [2.24, 2.45) is 11.1 Å². The van der Waals surface area contributed by atoms with Gasteiger partial charge in [-0.15, -0.1) is 11.3 Å². The molecule has 0 spiro atoms. The molecule has 108 valence electrons. The molecule has 2 unspecified atom stereocenters. The van der Waals surface area contributed by atoms with Gasteiger partial charge in [0, 0.05) is 18.4 Å². The highest BCUT2D eigenvalue weighted by atomic mass is 32.1. The summed E-state index contributed by atoms with van der Waals surface area (Å²) in [6.45, 7) is 6.86. The summed E-state index contributed by atoms with van der Waals surface area (Å²) in [7, 11) is 0. The maximum Gasteiger partial charge on any atom is 0.247 e. The molecule has 0 bridgehead atoms. The Hall–Kier alpha value is -1.24. The van der Waals surface area contributed by atoms with Gasteiger partial charge in [0.15, 0.2) is 0 Å². The zero-order valence-electron chi connectivity index (χ0n) is 11.9. The van der Waals surface area contributed by atoms with Gasteiger partial charge in [0.25, 0.3) is 0 Å². The molecule has 6 heteroatoms. The smallest absolute Gasteiger partial charge is 0.247 e. The number of hydrogen-bond acceptors (Lipinski definition) is 6. The van der Waals surface area contributed by atoms with Crippen LogP contribution in [0.5, 0.6) is 0 Å². The van der Waals surface area contributed by atoms with Crippen LogP contribution >= 0.6 is 11.3 Å². The van der Waals surface area contributed by atoms with Crippen LogP contribution < -0.4 is 5.73 Å². The molecular weight excluding hydrogens is 274 g/mol. The van der Waals surface area contributed by atoms with Crippen LogP contribution in [-0.2, 0) is 10.3 Å². The van der Waals surface area contributed by atoms with E-state index in [2.05, 4.69) is 24.0 Å². The maximum absolute atomic E-state index is 6.52. The fraction of sp³-hybridized carbons (Fsp3) is 0.571. The predicted octanol–water partition coefficient (Wildman–Crippen LogP) is 2.79. The summed E-state index contributed by atoms with van der Waals surface area (Å²) in [6, 6.07) is 3.93. The summed E-state index contributed by atoms with van der Waals surface area (Å²) >= 11 is 1.58. The van der Waals surface area contributed by atoms with Gasteiger partial charge < -0.3 is 15.0 Å². The highest BCUT2D eigenvalue weighted by molar-refractivity contribution is 7.13. The monoisotopic (exact) mass is 293 g/mol. The lowest BCUT2D eigenvalue weighted by atomic mass is 9.54. The van der Waals surface area contributed by atoms with E-state index in [0.717, 1.165) is 4.88 Å². The van der Waals surface area contributed by atoms with E-state index in [9.17, 15) is 0 Å². The van der Waals surface area contributed by atoms with Crippen molar-refractivity contribution in [2.75, 3.05) is 6.61 Å². The van der Waals surface area contributed by atoms with Crippen molar-refractivity contribution in [1.29, 1.82) is 0 Å². The highest BCUT2D eigenvalue weighted by Gasteiger charge is 2.62. The number of rotatable bonds is 4. The van der Waals surface area contributed by atoms with E-state index >= 15 is 0 Å². The van der Waals surface area contributed by atoms with Gasteiger partial charge in [-0.3, -0.25) is 0 Å². The van der Waals surface area contributed by atoms with Crippen LogP contribution in [0.1, 0.15) is 33.1 Å². The van der Waals surface area contributed by atoms with Crippen molar-refractivity contribution in [2.45, 2.75) is 38.8 Å². The Morgan fingerprint density at radius 2 is 2.35 bits per heavy atom. The van der Waals surface area contributed by atoms with Crippen molar-refractivity contribution < 1.29 is 9.26 Å². The minimum atomic E-state index is -0.616. The van der Waals surface area contributed by atoms with E-state index in [4.69, 9.17) is 15.0 Å². The zero-order valence-corrected chi connectivity index (χ0v) is 12.7. The minimum Gasteiger partial charge on any atom is -0.378 e. The lowest BCUT2D eigenvalue weighted by Gasteiger charge is -2.56. The molecule has 0 amide bonds. The number of nitrogens with two attached hydrogens (primary N) is 1. The van der Waals surface area contributed by atoms with E-state index in [1.54, 1.807) is 11.3 Å². The van der Waals surface area contributed by atoms with Crippen molar-refractivity contribution in [3.8, 4) is 10.7 Å². The largest absolute Gasteiger partial charge is 0.378 e. The SMILES string of the molecule is CCOC1CC(N)(c2nc(-c3cccs3)no2)C1(C)C. The van der Waals surface area contributed by atoms with E-state index in [1.165, 1.54) is 0 Å². The number of nitrogens with zero attached hydrogens (tertiary/aromatic N) is 2. The first-order chi connectivity index (χ1) is 9.49. The van der Waals surface area contributed by atoms with Gasteiger partial charge in [0.05, 0.1) is 11.0 Å². The maximum atomic E-state index is 6.52. The highest BCUT2D eigenvalue weighted by Crippen LogP contribution is 2.55. The summed E-state index contributed by atoms with van der Waals surface area (Å²) in [5.74, 6) is 1.11. The summed E-state index contributed by atoms with van der Waals surface area (Å²) in [4.78, 5) is 5.48. The molecule has 0 aliphatic heterocycles. The van der Waals surface area contributed by atoms with Gasteiger partial charge in [0.2, 0.25) is 11.7 Å². The quantitative estimate of drug-likeness (QED) is 0.938. The van der Waals surface area contributed by atoms with Gasteiger partial charge in [0.1, 0.15) is 5.54 Å². The molecule has 2 heterocycles. The van der Waals surface area contributed by atoms with E-state index in [1.807, 2.05) is 24.4 Å². The fourth-order valence-electron chi connectivity index (χ4n) is 2.71. The number of thiophene rings is 1. The average Bonchev–Trinajstić information content (AvgIpc) is 3.09. The number of aromatic nitrogens is 2. The second kappa shape index (κ2) is 4.65. The molecule has 5 nitrogen and oxygen atoms in total. The molecule has 0 aromatic carbocycles. The van der Waals surface area contributed by atoms with Crippen LogP contribution in [-0.4, -0.2) is 22.9 Å². The Morgan fingerprint density at radius 3 is 2.95 bits per heavy atom. The number of hydrogen-bond donors (Lipinski definition) is 1. The van der Waals surface area contributed by atoms with Crippen LogP contribution in [0.25, 0.3) is 10.7 Å². The standard InChI is InChI=1S/C14H19N3O2S/c1-4-18-10-8-14(15,13(10,2)3)12-16-11(17-19-12)9-6-5-7-20-9/h5-7,10H,4,8,15H2,1-3H3. The molecule has 20 heavy (non-hydrogen) atoms. The van der Waals surface area contributed by atoms with Gasteiger partial charge in [-0.25, -0.2) is 0 Å². The molecule has 2 aromatic heterocycles. The van der Waals surface area contributed by atoms with Gasteiger partial charge >= 0.3 is 0 Å². The Balaban J connectivity index is 1.87. The molecule has 1 fully saturated rings. The summed E-state index contributed by atoms with van der Waals surface area (Å²) < 4.78 is 11.1. The van der Waals surface area contributed by atoms with Gasteiger partial charge in [-0.1, -0.05) is 25.1 Å². The minimum absolute atomic E-state index is 0.134. The lowest BCUT2D eigenvalue weighted by molar-refractivity contribution is -0.162. The second-order valence-corrected chi connectivity index (χ2v) is 6.69. The molecule has 0 saturated heterocycles. The number of ether oxygens (including phenoxy) is 1. The first kappa shape index (κ1) is 13.7. The zero-order chi connectivity index (χ0) is 14.4. The topological polar surface area (TPSA) is 74.2 Å². The van der Waals surface area contributed by atoms with Crippen LogP contribution in [0.2, 0.25) is 0 Å². The summed E-state index contributed by atoms with van der Waals surface area (Å²) in [5, 5.41) is 6.03. The normalized spacial score (nSPS) is 28.3. The first-order valence-electron chi connectivity index (χ1n) is 6.77. The van der Waals surface area contributed by atoms with Crippen LogP contribution in [0, 0.1) is 5.41 Å². The van der Waals surface area contributed by atoms with Crippen molar-refractivity contribution >= 4 is 11.3 Å². The van der Waals surface area contributed by atoms with E-state index in [0.29, 0.717) is 24.7 Å². The van der Waals surface area contributed by atoms with Crippen LogP contribution in [0.15, 0.2) is 22.0 Å². The molecule has 1 aliphatic carbocycles. The van der Waals surface area contributed by atoms with Crippen molar-refractivity contribution in [1.82, 2.24) is 10.1 Å². The van der Waals surface area contributed by atoms with E-state index < -0.39 is 5.54 Å². The molecule has 2 aromatic rings. The fourth-order valence-corrected chi connectivity index (χ4v) is 3.36. The first-order valence-corrected chi connectivity index (χ1v) is 7.65. The summed E-state index contributed by atoms with van der Waals surface area (Å²) in [5.41, 5.74) is 5.68. The van der Waals surface area contributed by atoms with Crippen molar-refractivity contribution in [3.63, 3.8) is 0 Å². The third-order valence-corrected chi connectivity index (χ3v) is 5.24. The third kappa shape index (κ3) is 1.82. The Labute approximate surface area is 122 Å². The summed E-state index contributed by atoms with van der Waals surface area (Å²) in [6.07, 6.45) is 0.842. The van der Waals surface area contributed by atoms with Crippen LogP contribution in [0.4, 0.5) is 0 Å². The molecule has 0 radical (unpaired) electrons. The van der Waals surface area contributed by atoms with Crippen LogP contribution in [0.3, 0.4) is 0 Å². The van der Waals surface area contributed by atoms with Gasteiger partial charge in [-0.2, -0.15) is 4.98 Å². The van der Waals surface area contributed by atoms with Crippen molar-refractivity contribution in [3.05, 3.63) is 23.4 Å². The lowest BCUT2D eigenvalue weighted by Crippen LogP contribution is -2.67. The average molecular weight is 293 g/mol. The van der Waals surface area contributed by atoms with Gasteiger partial charge in [-0.05, 0) is 18.4 Å². The Morgan fingerprint density at radius 1 is 1.55 bits per heavy atom. The third-order valence-electron chi connectivity index (χ3n) is 4.38. The molecular formula is C14H19N3O2S. The Bertz CT molecular complexity index is 593. The molecule has 3 rings (SSSR count). The Kier molecular flexibility index (Phi) is 3.19. The predicted molar refractivity (Wildman–Crippen MR) is 77.3 cm³/mol. The molecule has 2 atom stereocenters. The molecule has 1 aliphatic rings. The van der Waals surface area contributed by atoms with E-state index in [-0.39, 0.29) is 11.5 Å². The molecule has 2 N–H and O–H groups in total.